The second kappa shape index (κ2) is 12.9. The molecule has 1 fully saturated rings. The van der Waals surface area contributed by atoms with Gasteiger partial charge in [-0.25, -0.2) is 0 Å². The molecular weight excluding hydrogens is 447 g/mol. The number of nitrogens with one attached hydrogen (secondary N) is 2. The summed E-state index contributed by atoms with van der Waals surface area (Å²) in [6, 6.07) is 6.50. The van der Waals surface area contributed by atoms with Crippen molar-refractivity contribution in [2.45, 2.75) is 51.2 Å². The SMILES string of the molecule is CN=C(NCCOC1CCCCCC1)NCc1ccc([N+](=O)[O-])cc1.I. The van der Waals surface area contributed by atoms with Gasteiger partial charge >= 0.3 is 0 Å². The Morgan fingerprint density at radius 1 is 1.19 bits per heavy atom. The number of guanidine groups is 1. The summed E-state index contributed by atoms with van der Waals surface area (Å²) in [5.74, 6) is 0.697. The zero-order chi connectivity index (χ0) is 17.9. The minimum atomic E-state index is -0.397. The predicted octanol–water partition coefficient (Wildman–Crippen LogP) is 3.62. The number of hydrogen-bond donors (Lipinski definition) is 2. The molecule has 1 aromatic carbocycles. The number of nitro groups is 1. The van der Waals surface area contributed by atoms with Crippen molar-refractivity contribution in [1.82, 2.24) is 10.6 Å². The molecule has 2 rings (SSSR count). The van der Waals surface area contributed by atoms with Crippen LogP contribution in [0.4, 0.5) is 5.69 Å². The summed E-state index contributed by atoms with van der Waals surface area (Å²) >= 11 is 0. The van der Waals surface area contributed by atoms with E-state index in [-0.39, 0.29) is 29.7 Å². The first kappa shape index (κ1) is 22.6. The number of hydrogen-bond acceptors (Lipinski definition) is 4. The van der Waals surface area contributed by atoms with E-state index < -0.39 is 4.92 Å². The fourth-order valence-electron chi connectivity index (χ4n) is 2.95. The highest BCUT2D eigenvalue weighted by atomic mass is 127. The average molecular weight is 476 g/mol. The van der Waals surface area contributed by atoms with Crippen LogP contribution in [0.5, 0.6) is 0 Å². The summed E-state index contributed by atoms with van der Waals surface area (Å²) in [6.07, 6.45) is 7.96. The van der Waals surface area contributed by atoms with E-state index in [0.29, 0.717) is 31.8 Å². The maximum absolute atomic E-state index is 10.7. The third-order valence-electron chi connectivity index (χ3n) is 4.38. The molecule has 26 heavy (non-hydrogen) atoms. The van der Waals surface area contributed by atoms with Crippen LogP contribution in [0.3, 0.4) is 0 Å². The number of benzene rings is 1. The lowest BCUT2D eigenvalue weighted by Crippen LogP contribution is -2.38. The third kappa shape index (κ3) is 8.31. The summed E-state index contributed by atoms with van der Waals surface area (Å²) in [4.78, 5) is 14.4. The Kier molecular flexibility index (Phi) is 11.2. The Bertz CT molecular complexity index is 558. The van der Waals surface area contributed by atoms with Crippen LogP contribution in [0, 0.1) is 10.1 Å². The Labute approximate surface area is 172 Å². The molecule has 0 radical (unpaired) electrons. The molecule has 7 nitrogen and oxygen atoms in total. The summed E-state index contributed by atoms with van der Waals surface area (Å²) in [5.41, 5.74) is 1.06. The van der Waals surface area contributed by atoms with Crippen LogP contribution in [-0.4, -0.2) is 37.2 Å². The minimum Gasteiger partial charge on any atom is -0.376 e. The van der Waals surface area contributed by atoms with Crippen molar-refractivity contribution >= 4 is 35.6 Å². The van der Waals surface area contributed by atoms with Gasteiger partial charge in [-0.1, -0.05) is 37.8 Å². The van der Waals surface area contributed by atoms with Gasteiger partial charge in [0.1, 0.15) is 0 Å². The molecule has 1 aliphatic carbocycles. The molecule has 0 aromatic heterocycles. The van der Waals surface area contributed by atoms with Gasteiger partial charge in [-0.3, -0.25) is 15.1 Å². The molecule has 1 aliphatic rings. The van der Waals surface area contributed by atoms with E-state index in [9.17, 15) is 10.1 Å². The van der Waals surface area contributed by atoms with Crippen LogP contribution < -0.4 is 10.6 Å². The zero-order valence-electron chi connectivity index (χ0n) is 15.3. The molecule has 146 valence electrons. The van der Waals surface area contributed by atoms with Gasteiger partial charge < -0.3 is 15.4 Å². The van der Waals surface area contributed by atoms with E-state index in [1.165, 1.54) is 50.7 Å². The second-order valence-electron chi connectivity index (χ2n) is 6.26. The highest BCUT2D eigenvalue weighted by Crippen LogP contribution is 2.19. The number of nitro benzene ring substituents is 1. The number of nitrogens with zero attached hydrogens (tertiary/aromatic N) is 2. The fourth-order valence-corrected chi connectivity index (χ4v) is 2.95. The summed E-state index contributed by atoms with van der Waals surface area (Å²) in [5, 5.41) is 17.1. The third-order valence-corrected chi connectivity index (χ3v) is 4.38. The van der Waals surface area contributed by atoms with Crippen LogP contribution in [0.15, 0.2) is 29.3 Å². The van der Waals surface area contributed by atoms with Crippen molar-refractivity contribution in [2.24, 2.45) is 4.99 Å². The van der Waals surface area contributed by atoms with Gasteiger partial charge in [-0.2, -0.15) is 0 Å². The molecule has 0 bridgehead atoms. The van der Waals surface area contributed by atoms with Gasteiger partial charge in [-0.05, 0) is 18.4 Å². The minimum absolute atomic E-state index is 0. The first-order valence-corrected chi connectivity index (χ1v) is 8.98. The van der Waals surface area contributed by atoms with Crippen molar-refractivity contribution < 1.29 is 9.66 Å². The van der Waals surface area contributed by atoms with Crippen molar-refractivity contribution in [2.75, 3.05) is 20.2 Å². The van der Waals surface area contributed by atoms with Gasteiger partial charge in [0.25, 0.3) is 5.69 Å². The van der Waals surface area contributed by atoms with Gasteiger partial charge in [0, 0.05) is 32.3 Å². The van der Waals surface area contributed by atoms with Crippen molar-refractivity contribution in [3.8, 4) is 0 Å². The molecular formula is C18H29IN4O3. The zero-order valence-corrected chi connectivity index (χ0v) is 17.6. The molecule has 0 aliphatic heterocycles. The summed E-state index contributed by atoms with van der Waals surface area (Å²) < 4.78 is 5.95. The molecule has 0 amide bonds. The average Bonchev–Trinajstić information content (AvgIpc) is 2.90. The maximum Gasteiger partial charge on any atom is 0.269 e. The van der Waals surface area contributed by atoms with Crippen LogP contribution in [0.25, 0.3) is 0 Å². The molecule has 8 heteroatoms. The normalized spacial score (nSPS) is 15.7. The second-order valence-corrected chi connectivity index (χ2v) is 6.26. The van der Waals surface area contributed by atoms with Crippen LogP contribution >= 0.6 is 24.0 Å². The lowest BCUT2D eigenvalue weighted by atomic mass is 10.1. The largest absolute Gasteiger partial charge is 0.376 e. The molecule has 0 heterocycles. The number of halogens is 1. The molecule has 2 N–H and O–H groups in total. The van der Waals surface area contributed by atoms with Crippen molar-refractivity contribution in [3.63, 3.8) is 0 Å². The predicted molar refractivity (Wildman–Crippen MR) is 114 cm³/mol. The van der Waals surface area contributed by atoms with Gasteiger partial charge in [0.15, 0.2) is 5.96 Å². The Morgan fingerprint density at radius 2 is 1.85 bits per heavy atom. The lowest BCUT2D eigenvalue weighted by Gasteiger charge is -2.16. The quantitative estimate of drug-likeness (QED) is 0.119. The number of non-ortho nitro benzene ring substituents is 1. The Hall–Kier alpha value is -1.42. The molecule has 0 unspecified atom stereocenters. The Balaban J connectivity index is 0.00000338. The lowest BCUT2D eigenvalue weighted by molar-refractivity contribution is -0.384. The fraction of sp³-hybridized carbons (Fsp3) is 0.611. The number of aliphatic imine (C=N–C) groups is 1. The monoisotopic (exact) mass is 476 g/mol. The van der Waals surface area contributed by atoms with Crippen molar-refractivity contribution in [3.05, 3.63) is 39.9 Å². The molecule has 0 atom stereocenters. The van der Waals surface area contributed by atoms with Crippen molar-refractivity contribution in [1.29, 1.82) is 0 Å². The number of ether oxygens (including phenoxy) is 1. The van der Waals surface area contributed by atoms with Crippen LogP contribution in [-0.2, 0) is 11.3 Å². The first-order valence-electron chi connectivity index (χ1n) is 8.98. The van der Waals surface area contributed by atoms with Crippen LogP contribution in [0.2, 0.25) is 0 Å². The van der Waals surface area contributed by atoms with Gasteiger partial charge in [0.05, 0.1) is 17.6 Å². The van der Waals surface area contributed by atoms with Gasteiger partial charge in [0.2, 0.25) is 0 Å². The van der Waals surface area contributed by atoms with E-state index in [1.807, 2.05) is 0 Å². The molecule has 0 spiro atoms. The van der Waals surface area contributed by atoms with Crippen LogP contribution in [0.1, 0.15) is 44.1 Å². The van der Waals surface area contributed by atoms with Gasteiger partial charge in [-0.15, -0.1) is 24.0 Å². The number of rotatable bonds is 7. The molecule has 1 aromatic rings. The van der Waals surface area contributed by atoms with E-state index >= 15 is 0 Å². The standard InChI is InChI=1S/C18H28N4O3.HI/c1-19-18(20-12-13-25-17-6-4-2-3-5-7-17)21-14-15-8-10-16(11-9-15)22(23)24;/h8-11,17H,2-7,12-14H2,1H3,(H2,19,20,21);1H. The highest BCUT2D eigenvalue weighted by Gasteiger charge is 2.12. The highest BCUT2D eigenvalue weighted by molar-refractivity contribution is 14.0. The molecule has 1 saturated carbocycles. The van der Waals surface area contributed by atoms with E-state index in [2.05, 4.69) is 15.6 Å². The Morgan fingerprint density at radius 3 is 2.42 bits per heavy atom. The van der Waals surface area contributed by atoms with E-state index in [1.54, 1.807) is 19.2 Å². The maximum atomic E-state index is 10.7. The van der Waals surface area contributed by atoms with E-state index in [0.717, 1.165) is 5.56 Å². The summed E-state index contributed by atoms with van der Waals surface area (Å²) in [7, 11) is 1.72. The topological polar surface area (TPSA) is 88.8 Å². The first-order chi connectivity index (χ1) is 12.2. The summed E-state index contributed by atoms with van der Waals surface area (Å²) in [6.45, 7) is 1.93. The molecule has 0 saturated heterocycles. The van der Waals surface area contributed by atoms with E-state index in [4.69, 9.17) is 4.74 Å². The smallest absolute Gasteiger partial charge is 0.269 e.